The summed E-state index contributed by atoms with van der Waals surface area (Å²) in [6, 6.07) is 6.34. The third kappa shape index (κ3) is 6.49. The van der Waals surface area contributed by atoms with Crippen molar-refractivity contribution in [1.82, 2.24) is 15.5 Å². The maximum absolute atomic E-state index is 13.7. The Morgan fingerprint density at radius 1 is 1.24 bits per heavy atom. The van der Waals surface area contributed by atoms with Gasteiger partial charge in [0.1, 0.15) is 5.82 Å². The molecule has 0 spiro atoms. The molecule has 0 bridgehead atoms. The molecule has 2 rings (SSSR count). The number of hydrogen-bond donors (Lipinski definition) is 1. The van der Waals surface area contributed by atoms with Gasteiger partial charge in [-0.1, -0.05) is 50.6 Å². The largest absolute Gasteiger partial charge is 0.411 e. The molecular formula is C18H24FN3O2S. The number of rotatable bonds is 9. The second kappa shape index (κ2) is 9.56. The van der Waals surface area contributed by atoms with E-state index in [9.17, 15) is 9.18 Å². The van der Waals surface area contributed by atoms with Crippen molar-refractivity contribution in [1.29, 1.82) is 0 Å². The minimum Gasteiger partial charge on any atom is -0.411 e. The van der Waals surface area contributed by atoms with Crippen LogP contribution in [0.5, 0.6) is 0 Å². The third-order valence-electron chi connectivity index (χ3n) is 3.66. The molecule has 136 valence electrons. The van der Waals surface area contributed by atoms with Crippen LogP contribution in [0.15, 0.2) is 33.9 Å². The van der Waals surface area contributed by atoms with Gasteiger partial charge >= 0.3 is 0 Å². The van der Waals surface area contributed by atoms with Gasteiger partial charge < -0.3 is 9.73 Å². The Kier molecular flexibility index (Phi) is 7.43. The van der Waals surface area contributed by atoms with Gasteiger partial charge in [0.2, 0.25) is 5.91 Å². The lowest BCUT2D eigenvalue weighted by molar-refractivity contribution is -0.119. The molecule has 7 heteroatoms. The number of carbonyl (C=O) groups excluding carboxylic acids is 1. The molecule has 0 aliphatic rings. The Morgan fingerprint density at radius 2 is 2.00 bits per heavy atom. The Morgan fingerprint density at radius 3 is 2.72 bits per heavy atom. The molecule has 1 N–H and O–H groups in total. The zero-order valence-electron chi connectivity index (χ0n) is 14.8. The maximum Gasteiger partial charge on any atom is 0.277 e. The first kappa shape index (κ1) is 19.4. The third-order valence-corrected chi connectivity index (χ3v) is 4.48. The van der Waals surface area contributed by atoms with E-state index in [0.29, 0.717) is 5.92 Å². The van der Waals surface area contributed by atoms with E-state index in [0.717, 1.165) is 31.0 Å². The van der Waals surface area contributed by atoms with Gasteiger partial charge in [0.05, 0.1) is 11.3 Å². The number of thioether (sulfide) groups is 1. The Bertz CT molecular complexity index is 690. The molecular weight excluding hydrogens is 341 g/mol. The fourth-order valence-electron chi connectivity index (χ4n) is 2.36. The highest BCUT2D eigenvalue weighted by molar-refractivity contribution is 7.99. The van der Waals surface area contributed by atoms with Crippen LogP contribution in [0.2, 0.25) is 0 Å². The van der Waals surface area contributed by atoms with Crippen LogP contribution in [0, 0.1) is 11.7 Å². The van der Waals surface area contributed by atoms with Crippen LogP contribution in [0.25, 0.3) is 11.5 Å². The van der Waals surface area contributed by atoms with Crippen LogP contribution in [-0.4, -0.2) is 27.9 Å². The molecule has 2 aromatic rings. The van der Waals surface area contributed by atoms with E-state index >= 15 is 0 Å². The van der Waals surface area contributed by atoms with E-state index in [-0.39, 0.29) is 34.4 Å². The average Bonchev–Trinajstić information content (AvgIpc) is 3.01. The molecule has 0 fully saturated rings. The summed E-state index contributed by atoms with van der Waals surface area (Å²) < 4.78 is 19.1. The number of carbonyl (C=O) groups is 1. The Hall–Kier alpha value is -1.89. The second-order valence-electron chi connectivity index (χ2n) is 6.43. The van der Waals surface area contributed by atoms with Crippen LogP contribution in [0.3, 0.4) is 0 Å². The van der Waals surface area contributed by atoms with Gasteiger partial charge in [-0.05, 0) is 31.4 Å². The topological polar surface area (TPSA) is 68.0 Å². The van der Waals surface area contributed by atoms with Gasteiger partial charge in [0.25, 0.3) is 11.1 Å². The maximum atomic E-state index is 13.7. The smallest absolute Gasteiger partial charge is 0.277 e. The van der Waals surface area contributed by atoms with E-state index in [1.54, 1.807) is 18.2 Å². The van der Waals surface area contributed by atoms with Crippen LogP contribution >= 0.6 is 11.8 Å². The van der Waals surface area contributed by atoms with Crippen molar-refractivity contribution in [2.24, 2.45) is 5.92 Å². The van der Waals surface area contributed by atoms with E-state index in [1.165, 1.54) is 6.07 Å². The number of benzene rings is 1. The number of nitrogens with zero attached hydrogens (tertiary/aromatic N) is 2. The predicted octanol–water partition coefficient (Wildman–Crippen LogP) is 4.30. The highest BCUT2D eigenvalue weighted by Crippen LogP contribution is 2.24. The molecule has 0 aliphatic carbocycles. The summed E-state index contributed by atoms with van der Waals surface area (Å²) in [5.41, 5.74) is 0.255. The Balaban J connectivity index is 1.78. The van der Waals surface area contributed by atoms with E-state index in [1.807, 2.05) is 6.92 Å². The first-order chi connectivity index (χ1) is 12.0. The SMILES string of the molecule is CC(C)CCC[C@H](C)NC(=O)CSc1nnc(-c2ccccc2F)o1. The number of aromatic nitrogens is 2. The fourth-order valence-corrected chi connectivity index (χ4v) is 2.93. The van der Waals surface area contributed by atoms with E-state index in [4.69, 9.17) is 4.42 Å². The van der Waals surface area contributed by atoms with Crippen LogP contribution < -0.4 is 5.32 Å². The summed E-state index contributed by atoms with van der Waals surface area (Å²) in [6.45, 7) is 6.39. The van der Waals surface area contributed by atoms with Crippen molar-refractivity contribution in [3.63, 3.8) is 0 Å². The molecule has 1 amide bonds. The average molecular weight is 365 g/mol. The minimum absolute atomic E-state index is 0.0762. The van der Waals surface area contributed by atoms with E-state index in [2.05, 4.69) is 29.4 Å². The zero-order chi connectivity index (χ0) is 18.2. The highest BCUT2D eigenvalue weighted by Gasteiger charge is 2.14. The quantitative estimate of drug-likeness (QED) is 0.671. The molecule has 1 aromatic heterocycles. The molecule has 25 heavy (non-hydrogen) atoms. The minimum atomic E-state index is -0.421. The second-order valence-corrected chi connectivity index (χ2v) is 7.36. The molecule has 1 atom stereocenters. The first-order valence-corrected chi connectivity index (χ1v) is 9.45. The summed E-state index contributed by atoms with van der Waals surface area (Å²) in [5.74, 6) is 0.485. The van der Waals surface area contributed by atoms with Crippen molar-refractivity contribution in [3.05, 3.63) is 30.1 Å². The molecule has 0 saturated heterocycles. The predicted molar refractivity (Wildman–Crippen MR) is 96.7 cm³/mol. The molecule has 5 nitrogen and oxygen atoms in total. The normalized spacial score (nSPS) is 12.4. The van der Waals surface area contributed by atoms with Gasteiger partial charge in [-0.25, -0.2) is 4.39 Å². The lowest BCUT2D eigenvalue weighted by Gasteiger charge is -2.14. The van der Waals surface area contributed by atoms with Crippen LogP contribution in [-0.2, 0) is 4.79 Å². The van der Waals surface area contributed by atoms with Crippen molar-refractivity contribution < 1.29 is 13.6 Å². The molecule has 0 aliphatic heterocycles. The molecule has 1 heterocycles. The number of hydrogen-bond acceptors (Lipinski definition) is 5. The lowest BCUT2D eigenvalue weighted by atomic mass is 10.0. The Labute approximate surface area is 151 Å². The van der Waals surface area contributed by atoms with Crippen LogP contribution in [0.4, 0.5) is 4.39 Å². The molecule has 0 unspecified atom stereocenters. The first-order valence-electron chi connectivity index (χ1n) is 8.46. The molecule has 0 radical (unpaired) electrons. The summed E-state index contributed by atoms with van der Waals surface area (Å²) in [6.07, 6.45) is 3.23. The monoisotopic (exact) mass is 365 g/mol. The zero-order valence-corrected chi connectivity index (χ0v) is 15.6. The van der Waals surface area contributed by atoms with Crippen molar-refractivity contribution in [3.8, 4) is 11.5 Å². The van der Waals surface area contributed by atoms with Gasteiger partial charge in [-0.3, -0.25) is 4.79 Å². The van der Waals surface area contributed by atoms with Crippen molar-refractivity contribution >= 4 is 17.7 Å². The van der Waals surface area contributed by atoms with Gasteiger partial charge in [-0.2, -0.15) is 0 Å². The number of halogens is 1. The van der Waals surface area contributed by atoms with Gasteiger partial charge in [0, 0.05) is 6.04 Å². The summed E-state index contributed by atoms with van der Waals surface area (Å²) in [4.78, 5) is 12.0. The molecule has 0 saturated carbocycles. The summed E-state index contributed by atoms with van der Waals surface area (Å²) >= 11 is 1.15. The number of nitrogens with one attached hydrogen (secondary N) is 1. The van der Waals surface area contributed by atoms with Gasteiger partial charge in [-0.15, -0.1) is 10.2 Å². The summed E-state index contributed by atoms with van der Waals surface area (Å²) in [5, 5.41) is 10.9. The molecule has 1 aromatic carbocycles. The van der Waals surface area contributed by atoms with Crippen molar-refractivity contribution in [2.45, 2.75) is 51.3 Å². The summed E-state index contributed by atoms with van der Waals surface area (Å²) in [7, 11) is 0. The lowest BCUT2D eigenvalue weighted by Crippen LogP contribution is -2.33. The standard InChI is InChI=1S/C18H24FN3O2S/c1-12(2)7-6-8-13(3)20-16(23)11-25-18-22-21-17(24-18)14-9-4-5-10-15(14)19/h4-5,9-10,12-13H,6-8,11H2,1-3H3,(H,20,23)/t13-/m0/s1. The fraction of sp³-hybridized carbons (Fsp3) is 0.500. The number of amides is 1. The van der Waals surface area contributed by atoms with Crippen LogP contribution in [0.1, 0.15) is 40.0 Å². The van der Waals surface area contributed by atoms with E-state index < -0.39 is 5.82 Å². The highest BCUT2D eigenvalue weighted by atomic mass is 32.2. The van der Waals surface area contributed by atoms with Gasteiger partial charge in [0.15, 0.2) is 0 Å². The van der Waals surface area contributed by atoms with Crippen molar-refractivity contribution in [2.75, 3.05) is 5.75 Å².